The molecule has 0 saturated carbocycles. The third-order valence-corrected chi connectivity index (χ3v) is 3.76. The fourth-order valence-corrected chi connectivity index (χ4v) is 2.28. The Labute approximate surface area is 110 Å². The average molecular weight is 246 g/mol. The predicted octanol–water partition coefficient (Wildman–Crippen LogP) is 5.41. The normalized spacial score (nSPS) is 10.1. The first kappa shape index (κ1) is 14.1. The summed E-state index contributed by atoms with van der Waals surface area (Å²) < 4.78 is 0. The quantitative estimate of drug-likeness (QED) is 0.669. The number of hydrogen-bond acceptors (Lipinski definition) is 1. The van der Waals surface area contributed by atoms with E-state index in [1.165, 1.54) is 27.2 Å². The van der Waals surface area contributed by atoms with Gasteiger partial charge in [-0.05, 0) is 62.0 Å². The average Bonchev–Trinajstić information content (AvgIpc) is 2.25. The van der Waals surface area contributed by atoms with Gasteiger partial charge in [0.1, 0.15) is 0 Å². The maximum atomic E-state index is 4.11. The van der Waals surface area contributed by atoms with Crippen LogP contribution in [0.3, 0.4) is 0 Å². The molecule has 0 aliphatic rings. The van der Waals surface area contributed by atoms with Gasteiger partial charge >= 0.3 is 0 Å². The summed E-state index contributed by atoms with van der Waals surface area (Å²) in [7, 11) is 0. The Balaban J connectivity index is 2.50. The molecule has 0 fully saturated rings. The van der Waals surface area contributed by atoms with Crippen LogP contribution in [0.5, 0.6) is 0 Å². The number of hydrogen-bond donors (Lipinski definition) is 0. The minimum Gasteiger partial charge on any atom is -0.103 e. The summed E-state index contributed by atoms with van der Waals surface area (Å²) in [6.45, 7) is 12.7. The summed E-state index contributed by atoms with van der Waals surface area (Å²) in [4.78, 5) is 1.24. The lowest BCUT2D eigenvalue weighted by atomic mass is 10.0. The maximum absolute atomic E-state index is 4.11. The Kier molecular flexibility index (Phi) is 5.57. The van der Waals surface area contributed by atoms with E-state index in [1.54, 1.807) is 11.8 Å². The highest BCUT2D eigenvalue weighted by Gasteiger charge is 2.00. The molecule has 1 rings (SSSR count). The van der Waals surface area contributed by atoms with E-state index >= 15 is 0 Å². The second-order valence-corrected chi connectivity index (χ2v) is 5.83. The van der Waals surface area contributed by atoms with Gasteiger partial charge in [-0.2, -0.15) is 0 Å². The first-order chi connectivity index (χ1) is 7.99. The van der Waals surface area contributed by atoms with Crippen molar-refractivity contribution in [3.8, 4) is 0 Å². The number of thioether (sulfide) groups is 1. The zero-order chi connectivity index (χ0) is 12.8. The molecule has 0 radical (unpaired) electrons. The van der Waals surface area contributed by atoms with E-state index in [1.807, 2.05) is 0 Å². The molecule has 0 aliphatic heterocycles. The first-order valence-corrected chi connectivity index (χ1v) is 6.91. The molecule has 0 atom stereocenters. The van der Waals surface area contributed by atoms with E-state index < -0.39 is 0 Å². The van der Waals surface area contributed by atoms with E-state index in [0.29, 0.717) is 0 Å². The zero-order valence-corrected chi connectivity index (χ0v) is 12.2. The molecule has 0 amide bonds. The highest BCUT2D eigenvalue weighted by Crippen LogP contribution is 2.23. The van der Waals surface area contributed by atoms with E-state index in [9.17, 15) is 0 Å². The Morgan fingerprint density at radius 3 is 2.59 bits per heavy atom. The molecule has 0 heterocycles. The van der Waals surface area contributed by atoms with Gasteiger partial charge < -0.3 is 0 Å². The summed E-state index contributed by atoms with van der Waals surface area (Å²) in [6, 6.07) is 6.68. The lowest BCUT2D eigenvalue weighted by molar-refractivity contribution is 0.977. The summed E-state index contributed by atoms with van der Waals surface area (Å²) in [6.07, 6.45) is 2.15. The van der Waals surface area contributed by atoms with E-state index in [2.05, 4.69) is 57.9 Å². The van der Waals surface area contributed by atoms with Crippen molar-refractivity contribution in [2.45, 2.75) is 40.5 Å². The van der Waals surface area contributed by atoms with Crippen LogP contribution in [0.25, 0.3) is 0 Å². The van der Waals surface area contributed by atoms with Crippen LogP contribution in [0.2, 0.25) is 0 Å². The lowest BCUT2D eigenvalue weighted by Crippen LogP contribution is -1.91. The summed E-state index contributed by atoms with van der Waals surface area (Å²) >= 11 is 1.76. The number of allylic oxidation sites excluding steroid dienone is 2. The predicted molar refractivity (Wildman–Crippen MR) is 80.4 cm³/mol. The van der Waals surface area contributed by atoms with Crippen LogP contribution in [0.1, 0.15) is 37.0 Å². The molecule has 92 valence electrons. The fraction of sp³-hybridized carbons (Fsp3) is 0.375. The number of rotatable bonds is 5. The van der Waals surface area contributed by atoms with E-state index in [4.69, 9.17) is 0 Å². The van der Waals surface area contributed by atoms with E-state index in [-0.39, 0.29) is 0 Å². The number of benzene rings is 1. The molecule has 0 nitrogen and oxygen atoms in total. The molecule has 0 spiro atoms. The largest absolute Gasteiger partial charge is 0.103 e. The molecular weight excluding hydrogens is 224 g/mol. The molecule has 1 heteroatoms. The summed E-state index contributed by atoms with van der Waals surface area (Å²) in [5.41, 5.74) is 5.51. The van der Waals surface area contributed by atoms with Gasteiger partial charge in [-0.15, -0.1) is 11.8 Å². The van der Waals surface area contributed by atoms with Crippen molar-refractivity contribution >= 4 is 11.8 Å². The Bertz CT molecular complexity index is 423. The van der Waals surface area contributed by atoms with Gasteiger partial charge in [-0.25, -0.2) is 0 Å². The minimum absolute atomic E-state index is 1.05. The highest BCUT2D eigenvalue weighted by atomic mass is 32.2. The summed E-state index contributed by atoms with van der Waals surface area (Å²) in [5.74, 6) is 0. The Morgan fingerprint density at radius 1 is 1.29 bits per heavy atom. The number of aryl methyl sites for hydroxylation is 3. The van der Waals surface area contributed by atoms with Crippen molar-refractivity contribution in [2.75, 3.05) is 0 Å². The van der Waals surface area contributed by atoms with Gasteiger partial charge in [0.2, 0.25) is 0 Å². The molecule has 1 aromatic carbocycles. The van der Waals surface area contributed by atoms with Gasteiger partial charge in [0.25, 0.3) is 0 Å². The molecule has 0 aliphatic carbocycles. The Morgan fingerprint density at radius 2 is 2.00 bits per heavy atom. The molecule has 17 heavy (non-hydrogen) atoms. The van der Waals surface area contributed by atoms with Crippen molar-refractivity contribution in [2.24, 2.45) is 0 Å². The topological polar surface area (TPSA) is 0 Å². The molecule has 0 unspecified atom stereocenters. The van der Waals surface area contributed by atoms with Gasteiger partial charge in [-0.1, -0.05) is 35.9 Å². The third kappa shape index (κ3) is 5.27. The molecule has 0 aromatic heterocycles. The van der Waals surface area contributed by atoms with Crippen LogP contribution < -0.4 is 0 Å². The van der Waals surface area contributed by atoms with Crippen molar-refractivity contribution < 1.29 is 0 Å². The second kappa shape index (κ2) is 6.70. The Hall–Kier alpha value is -0.950. The zero-order valence-electron chi connectivity index (χ0n) is 11.3. The first-order valence-electron chi connectivity index (χ1n) is 6.03. The van der Waals surface area contributed by atoms with Crippen LogP contribution in [0.4, 0.5) is 0 Å². The van der Waals surface area contributed by atoms with Crippen LogP contribution in [-0.2, 0) is 6.42 Å². The maximum Gasteiger partial charge on any atom is -0.0177 e. The SMILES string of the molecule is C=C(CCc1ccc(C)cc1C)SC=C(C)C. The van der Waals surface area contributed by atoms with Gasteiger partial charge in [0.05, 0.1) is 0 Å². The monoisotopic (exact) mass is 246 g/mol. The highest BCUT2D eigenvalue weighted by molar-refractivity contribution is 8.05. The van der Waals surface area contributed by atoms with Crippen molar-refractivity contribution in [1.29, 1.82) is 0 Å². The second-order valence-electron chi connectivity index (χ2n) is 4.78. The third-order valence-electron chi connectivity index (χ3n) is 2.63. The molecular formula is C16H22S. The molecule has 1 aromatic rings. The van der Waals surface area contributed by atoms with Crippen molar-refractivity contribution in [3.05, 3.63) is 57.4 Å². The van der Waals surface area contributed by atoms with Gasteiger partial charge in [0.15, 0.2) is 0 Å². The fourth-order valence-electron chi connectivity index (χ4n) is 1.66. The smallest absolute Gasteiger partial charge is 0.0177 e. The van der Waals surface area contributed by atoms with Crippen molar-refractivity contribution in [3.63, 3.8) is 0 Å². The van der Waals surface area contributed by atoms with Crippen LogP contribution in [-0.4, -0.2) is 0 Å². The standard InChI is InChI=1S/C16H22S/c1-12(2)11-17-15(5)7-9-16-8-6-13(3)10-14(16)4/h6,8,10-11H,5,7,9H2,1-4H3. The lowest BCUT2D eigenvalue weighted by Gasteiger charge is -2.07. The minimum atomic E-state index is 1.05. The van der Waals surface area contributed by atoms with Gasteiger partial charge in [-0.3, -0.25) is 0 Å². The van der Waals surface area contributed by atoms with Gasteiger partial charge in [0, 0.05) is 0 Å². The molecule has 0 saturated heterocycles. The molecule has 0 bridgehead atoms. The van der Waals surface area contributed by atoms with Crippen LogP contribution >= 0.6 is 11.8 Å². The van der Waals surface area contributed by atoms with Crippen molar-refractivity contribution in [1.82, 2.24) is 0 Å². The summed E-state index contributed by atoms with van der Waals surface area (Å²) in [5, 5.41) is 2.17. The van der Waals surface area contributed by atoms with Crippen LogP contribution in [0.15, 0.2) is 40.7 Å². The van der Waals surface area contributed by atoms with E-state index in [0.717, 1.165) is 12.8 Å². The molecule has 0 N–H and O–H groups in total. The van der Waals surface area contributed by atoms with Crippen LogP contribution in [0, 0.1) is 13.8 Å².